The second-order valence-corrected chi connectivity index (χ2v) is 4.73. The van der Waals surface area contributed by atoms with Crippen LogP contribution in [0.2, 0.25) is 10.0 Å². The molecule has 0 bridgehead atoms. The molecule has 1 rings (SSSR count). The molecule has 4 nitrogen and oxygen atoms in total. The number of carbonyl (C=O) groups excluding carboxylic acids is 1. The second-order valence-electron chi connectivity index (χ2n) is 3.88. The van der Waals surface area contributed by atoms with Gasteiger partial charge in [-0.15, -0.1) is 0 Å². The van der Waals surface area contributed by atoms with Gasteiger partial charge in [-0.05, 0) is 25.1 Å². The maximum atomic E-state index is 11.9. The van der Waals surface area contributed by atoms with Crippen molar-refractivity contribution in [3.8, 4) is 5.75 Å². The number of ether oxygens (including phenoxy) is 1. The highest BCUT2D eigenvalue weighted by Gasteiger charge is 2.19. The fourth-order valence-electron chi connectivity index (χ4n) is 1.43. The van der Waals surface area contributed by atoms with Gasteiger partial charge in [0.25, 0.3) is 5.91 Å². The van der Waals surface area contributed by atoms with Crippen LogP contribution < -0.4 is 10.5 Å². The molecule has 0 saturated heterocycles. The highest BCUT2D eigenvalue weighted by atomic mass is 35.5. The minimum absolute atomic E-state index is 0.147. The summed E-state index contributed by atoms with van der Waals surface area (Å²) in [5, 5.41) is 0.898. The van der Waals surface area contributed by atoms with Gasteiger partial charge in [0.05, 0.1) is 5.02 Å². The highest BCUT2D eigenvalue weighted by molar-refractivity contribution is 6.35. The third-order valence-electron chi connectivity index (χ3n) is 2.39. The van der Waals surface area contributed by atoms with E-state index in [1.54, 1.807) is 32.2 Å². The normalized spacial score (nSPS) is 12.1. The average molecular weight is 291 g/mol. The molecule has 0 radical (unpaired) electrons. The standard InChI is InChI=1S/C12H16Cl2N2O2/c1-8(12(17)16(2)6-5-15)18-11-4-3-9(13)7-10(11)14/h3-4,7-8H,5-6,15H2,1-2H3. The van der Waals surface area contributed by atoms with Crippen molar-refractivity contribution in [2.75, 3.05) is 20.1 Å². The lowest BCUT2D eigenvalue weighted by Gasteiger charge is -2.21. The molecule has 1 atom stereocenters. The fourth-order valence-corrected chi connectivity index (χ4v) is 1.88. The van der Waals surface area contributed by atoms with E-state index in [1.165, 1.54) is 4.90 Å². The van der Waals surface area contributed by atoms with Crippen LogP contribution in [0.5, 0.6) is 5.75 Å². The van der Waals surface area contributed by atoms with Gasteiger partial charge in [-0.3, -0.25) is 4.79 Å². The minimum atomic E-state index is -0.625. The van der Waals surface area contributed by atoms with E-state index in [2.05, 4.69) is 0 Å². The third kappa shape index (κ3) is 4.05. The molecule has 0 aliphatic carbocycles. The zero-order valence-electron chi connectivity index (χ0n) is 10.3. The van der Waals surface area contributed by atoms with Crippen LogP contribution in [0.15, 0.2) is 18.2 Å². The first-order chi connectivity index (χ1) is 8.45. The minimum Gasteiger partial charge on any atom is -0.479 e. The largest absolute Gasteiger partial charge is 0.479 e. The number of likely N-dealkylation sites (N-methyl/N-ethyl adjacent to an activating group) is 1. The Morgan fingerprint density at radius 3 is 2.72 bits per heavy atom. The molecule has 1 aromatic rings. The molecule has 1 amide bonds. The SMILES string of the molecule is CC(Oc1ccc(Cl)cc1Cl)C(=O)N(C)CCN. The summed E-state index contributed by atoms with van der Waals surface area (Å²) in [5.41, 5.74) is 5.39. The Morgan fingerprint density at radius 2 is 2.17 bits per heavy atom. The van der Waals surface area contributed by atoms with Crippen molar-refractivity contribution in [3.63, 3.8) is 0 Å². The van der Waals surface area contributed by atoms with Crippen molar-refractivity contribution >= 4 is 29.1 Å². The van der Waals surface area contributed by atoms with Gasteiger partial charge < -0.3 is 15.4 Å². The van der Waals surface area contributed by atoms with Crippen LogP contribution in [-0.4, -0.2) is 37.0 Å². The Hall–Kier alpha value is -0.970. The summed E-state index contributed by atoms with van der Waals surface area (Å²) in [6.07, 6.45) is -0.625. The van der Waals surface area contributed by atoms with Gasteiger partial charge in [0.2, 0.25) is 0 Å². The molecule has 2 N–H and O–H groups in total. The van der Waals surface area contributed by atoms with Crippen LogP contribution >= 0.6 is 23.2 Å². The first kappa shape index (κ1) is 15.1. The number of rotatable bonds is 5. The van der Waals surface area contributed by atoms with Gasteiger partial charge in [-0.2, -0.15) is 0 Å². The van der Waals surface area contributed by atoms with Gasteiger partial charge in [0.1, 0.15) is 5.75 Å². The molecule has 1 aromatic carbocycles. The molecule has 0 aliphatic rings. The van der Waals surface area contributed by atoms with Gasteiger partial charge in [-0.1, -0.05) is 23.2 Å². The van der Waals surface area contributed by atoms with Crippen LogP contribution in [0.4, 0.5) is 0 Å². The predicted octanol–water partition coefficient (Wildman–Crippen LogP) is 2.18. The molecule has 0 aliphatic heterocycles. The zero-order valence-corrected chi connectivity index (χ0v) is 11.8. The summed E-state index contributed by atoms with van der Waals surface area (Å²) in [5.74, 6) is 0.287. The second kappa shape index (κ2) is 6.83. The topological polar surface area (TPSA) is 55.6 Å². The number of nitrogens with zero attached hydrogens (tertiary/aromatic N) is 1. The number of amides is 1. The lowest BCUT2D eigenvalue weighted by Crippen LogP contribution is -2.40. The lowest BCUT2D eigenvalue weighted by atomic mass is 10.3. The lowest BCUT2D eigenvalue weighted by molar-refractivity contribution is -0.136. The Kier molecular flexibility index (Phi) is 5.72. The Balaban J connectivity index is 2.69. The maximum absolute atomic E-state index is 11.9. The number of hydrogen-bond donors (Lipinski definition) is 1. The van der Waals surface area contributed by atoms with E-state index < -0.39 is 6.10 Å². The Labute approximate surface area is 117 Å². The van der Waals surface area contributed by atoms with E-state index in [-0.39, 0.29) is 5.91 Å². The van der Waals surface area contributed by atoms with E-state index in [4.69, 9.17) is 33.7 Å². The van der Waals surface area contributed by atoms with E-state index in [0.717, 1.165) is 0 Å². The van der Waals surface area contributed by atoms with Crippen molar-refractivity contribution in [2.24, 2.45) is 5.73 Å². The van der Waals surface area contributed by atoms with E-state index in [9.17, 15) is 4.79 Å². The van der Waals surface area contributed by atoms with E-state index in [0.29, 0.717) is 28.9 Å². The maximum Gasteiger partial charge on any atom is 0.263 e. The summed E-state index contributed by atoms with van der Waals surface area (Å²) in [4.78, 5) is 13.4. The molecule has 0 aromatic heterocycles. The van der Waals surface area contributed by atoms with Gasteiger partial charge in [0, 0.05) is 25.2 Å². The van der Waals surface area contributed by atoms with Crippen molar-refractivity contribution < 1.29 is 9.53 Å². The van der Waals surface area contributed by atoms with Crippen LogP contribution in [0.1, 0.15) is 6.92 Å². The van der Waals surface area contributed by atoms with Crippen LogP contribution in [0.3, 0.4) is 0 Å². The summed E-state index contributed by atoms with van der Waals surface area (Å²) in [6.45, 7) is 2.57. The van der Waals surface area contributed by atoms with Gasteiger partial charge in [-0.25, -0.2) is 0 Å². The number of benzene rings is 1. The third-order valence-corrected chi connectivity index (χ3v) is 2.92. The number of nitrogens with two attached hydrogens (primary N) is 1. The van der Waals surface area contributed by atoms with Crippen molar-refractivity contribution in [2.45, 2.75) is 13.0 Å². The Bertz CT molecular complexity index is 427. The first-order valence-electron chi connectivity index (χ1n) is 5.52. The number of halogens is 2. The highest BCUT2D eigenvalue weighted by Crippen LogP contribution is 2.28. The van der Waals surface area contributed by atoms with Crippen molar-refractivity contribution in [1.82, 2.24) is 4.90 Å². The van der Waals surface area contributed by atoms with Crippen LogP contribution in [0, 0.1) is 0 Å². The molecule has 1 unspecified atom stereocenters. The molecule has 6 heteroatoms. The molecule has 0 heterocycles. The predicted molar refractivity (Wildman–Crippen MR) is 73.2 cm³/mol. The quantitative estimate of drug-likeness (QED) is 0.904. The molecular weight excluding hydrogens is 275 g/mol. The van der Waals surface area contributed by atoms with Crippen LogP contribution in [-0.2, 0) is 4.79 Å². The zero-order chi connectivity index (χ0) is 13.7. The Morgan fingerprint density at radius 1 is 1.50 bits per heavy atom. The summed E-state index contributed by atoms with van der Waals surface area (Å²) < 4.78 is 5.51. The number of carbonyl (C=O) groups is 1. The molecular formula is C12H16Cl2N2O2. The van der Waals surface area contributed by atoms with Gasteiger partial charge >= 0.3 is 0 Å². The first-order valence-corrected chi connectivity index (χ1v) is 6.28. The molecule has 18 heavy (non-hydrogen) atoms. The van der Waals surface area contributed by atoms with Crippen molar-refractivity contribution in [3.05, 3.63) is 28.2 Å². The fraction of sp³-hybridized carbons (Fsp3) is 0.417. The van der Waals surface area contributed by atoms with E-state index >= 15 is 0 Å². The van der Waals surface area contributed by atoms with Crippen LogP contribution in [0.25, 0.3) is 0 Å². The van der Waals surface area contributed by atoms with E-state index in [1.807, 2.05) is 0 Å². The monoisotopic (exact) mass is 290 g/mol. The average Bonchev–Trinajstić information content (AvgIpc) is 2.32. The molecule has 0 fully saturated rings. The summed E-state index contributed by atoms with van der Waals surface area (Å²) in [7, 11) is 1.68. The summed E-state index contributed by atoms with van der Waals surface area (Å²) in [6, 6.07) is 4.86. The number of hydrogen-bond acceptors (Lipinski definition) is 3. The molecule has 100 valence electrons. The smallest absolute Gasteiger partial charge is 0.263 e. The molecule has 0 saturated carbocycles. The van der Waals surface area contributed by atoms with Gasteiger partial charge in [0.15, 0.2) is 6.10 Å². The van der Waals surface area contributed by atoms with Crippen molar-refractivity contribution in [1.29, 1.82) is 0 Å². The summed E-state index contributed by atoms with van der Waals surface area (Å²) >= 11 is 11.7. The molecule has 0 spiro atoms.